The van der Waals surface area contributed by atoms with Gasteiger partial charge in [-0.05, 0) is 49.0 Å². The van der Waals surface area contributed by atoms with Crippen molar-refractivity contribution in [2.24, 2.45) is 0 Å². The Kier molecular flexibility index (Phi) is 5.55. The summed E-state index contributed by atoms with van der Waals surface area (Å²) in [5.74, 6) is -0.0788. The van der Waals surface area contributed by atoms with Gasteiger partial charge in [-0.25, -0.2) is 8.42 Å². The van der Waals surface area contributed by atoms with E-state index in [1.54, 1.807) is 17.5 Å². The first kappa shape index (κ1) is 19.6. The molecule has 3 heterocycles. The summed E-state index contributed by atoms with van der Waals surface area (Å²) in [5.41, 5.74) is 2.03. The fourth-order valence-electron chi connectivity index (χ4n) is 3.97. The van der Waals surface area contributed by atoms with E-state index in [4.69, 9.17) is 0 Å². The van der Waals surface area contributed by atoms with Crippen molar-refractivity contribution >= 4 is 27.3 Å². The highest BCUT2D eigenvalue weighted by atomic mass is 32.2. The molecule has 0 bridgehead atoms. The molecule has 1 aromatic carbocycles. The minimum Gasteiger partial charge on any atom is -0.340 e. The molecular weight excluding hydrogens is 394 g/mol. The van der Waals surface area contributed by atoms with E-state index < -0.39 is 16.1 Å². The van der Waals surface area contributed by atoms with E-state index in [-0.39, 0.29) is 12.5 Å². The fraction of sp³-hybridized carbons (Fsp3) is 0.450. The lowest BCUT2D eigenvalue weighted by atomic mass is 9.95. The number of likely N-dealkylation sites (N-methyl/N-ethyl adjacent to an activating group) is 1. The van der Waals surface area contributed by atoms with Crippen LogP contribution in [0.25, 0.3) is 0 Å². The molecule has 150 valence electrons. The van der Waals surface area contributed by atoms with Gasteiger partial charge in [-0.2, -0.15) is 4.31 Å². The minimum atomic E-state index is -3.72. The van der Waals surface area contributed by atoms with Gasteiger partial charge in [-0.1, -0.05) is 30.3 Å². The summed E-state index contributed by atoms with van der Waals surface area (Å²) in [6.45, 7) is 3.32. The molecule has 0 N–H and O–H groups in total. The molecule has 2 aliphatic rings. The van der Waals surface area contributed by atoms with Gasteiger partial charge in [0.15, 0.2) is 0 Å². The normalized spacial score (nSPS) is 21.9. The molecule has 2 aromatic rings. The number of hydrogen-bond donors (Lipinski definition) is 0. The maximum atomic E-state index is 13.5. The third kappa shape index (κ3) is 3.74. The van der Waals surface area contributed by atoms with Gasteiger partial charge in [-0.3, -0.25) is 4.79 Å². The Balaban J connectivity index is 1.69. The molecule has 4 rings (SSSR count). The summed E-state index contributed by atoms with van der Waals surface area (Å²) in [7, 11) is -1.67. The standard InChI is InChI=1S/C20H25N3O3S2/c1-21-9-5-10-22(12-11-21)20(24)18-14-16-6-2-3-7-17(16)15-23(18)28(25,26)19-8-4-13-27-19/h2-4,6-8,13,18H,5,9-12,14-15H2,1H3. The van der Waals surface area contributed by atoms with E-state index in [0.29, 0.717) is 23.7 Å². The lowest BCUT2D eigenvalue weighted by molar-refractivity contribution is -0.135. The van der Waals surface area contributed by atoms with E-state index in [0.717, 1.165) is 30.6 Å². The number of carbonyl (C=O) groups is 1. The van der Waals surface area contributed by atoms with Crippen molar-refractivity contribution < 1.29 is 13.2 Å². The van der Waals surface area contributed by atoms with E-state index in [9.17, 15) is 13.2 Å². The quantitative estimate of drug-likeness (QED) is 0.764. The van der Waals surface area contributed by atoms with E-state index in [2.05, 4.69) is 11.9 Å². The van der Waals surface area contributed by atoms with Gasteiger partial charge in [-0.15, -0.1) is 11.3 Å². The molecule has 1 fully saturated rings. The monoisotopic (exact) mass is 419 g/mol. The number of benzene rings is 1. The number of nitrogens with zero attached hydrogens (tertiary/aromatic N) is 3. The SMILES string of the molecule is CN1CCCN(C(=O)C2Cc3ccccc3CN2S(=O)(=O)c2cccs2)CC1. The number of hydrogen-bond acceptors (Lipinski definition) is 5. The number of amides is 1. The zero-order valence-electron chi connectivity index (χ0n) is 16.0. The third-order valence-corrected chi connectivity index (χ3v) is 8.81. The highest BCUT2D eigenvalue weighted by molar-refractivity contribution is 7.91. The van der Waals surface area contributed by atoms with E-state index in [1.807, 2.05) is 29.2 Å². The van der Waals surface area contributed by atoms with Crippen LogP contribution in [0.4, 0.5) is 0 Å². The molecule has 0 saturated carbocycles. The fourth-order valence-corrected chi connectivity index (χ4v) is 6.64. The number of thiophene rings is 1. The number of carbonyl (C=O) groups excluding carboxylic acids is 1. The van der Waals surface area contributed by atoms with Crippen LogP contribution in [0, 0.1) is 0 Å². The Labute approximate surface area is 170 Å². The van der Waals surface area contributed by atoms with Gasteiger partial charge in [0, 0.05) is 26.2 Å². The smallest absolute Gasteiger partial charge is 0.253 e. The second-order valence-corrected chi connectivity index (χ2v) is 10.5. The topological polar surface area (TPSA) is 60.9 Å². The molecule has 8 heteroatoms. The zero-order valence-corrected chi connectivity index (χ0v) is 17.6. The largest absolute Gasteiger partial charge is 0.340 e. The van der Waals surface area contributed by atoms with Crippen LogP contribution in [-0.4, -0.2) is 67.7 Å². The van der Waals surface area contributed by atoms with Gasteiger partial charge < -0.3 is 9.80 Å². The summed E-state index contributed by atoms with van der Waals surface area (Å²) in [6, 6.07) is 10.5. The number of rotatable bonds is 3. The van der Waals surface area contributed by atoms with Crippen molar-refractivity contribution in [3.63, 3.8) is 0 Å². The Morgan fingerprint density at radius 1 is 1.04 bits per heavy atom. The van der Waals surface area contributed by atoms with Crippen molar-refractivity contribution in [3.8, 4) is 0 Å². The lowest BCUT2D eigenvalue weighted by Gasteiger charge is -2.37. The van der Waals surface area contributed by atoms with Crippen LogP contribution in [0.15, 0.2) is 46.0 Å². The van der Waals surface area contributed by atoms with E-state index >= 15 is 0 Å². The van der Waals surface area contributed by atoms with Crippen LogP contribution in [0.2, 0.25) is 0 Å². The Morgan fingerprint density at radius 3 is 2.57 bits per heavy atom. The maximum absolute atomic E-state index is 13.5. The van der Waals surface area contributed by atoms with Crippen LogP contribution in [0.3, 0.4) is 0 Å². The first-order chi connectivity index (χ1) is 13.5. The van der Waals surface area contributed by atoms with E-state index in [1.165, 1.54) is 15.6 Å². The predicted octanol–water partition coefficient (Wildman–Crippen LogP) is 2.03. The first-order valence-electron chi connectivity index (χ1n) is 9.56. The summed E-state index contributed by atoms with van der Waals surface area (Å²) in [4.78, 5) is 17.5. The van der Waals surface area contributed by atoms with Gasteiger partial charge in [0.2, 0.25) is 5.91 Å². The highest BCUT2D eigenvalue weighted by Gasteiger charge is 2.41. The van der Waals surface area contributed by atoms with Gasteiger partial charge >= 0.3 is 0 Å². The Morgan fingerprint density at radius 2 is 1.82 bits per heavy atom. The molecule has 1 aromatic heterocycles. The average Bonchev–Trinajstić information content (AvgIpc) is 3.16. The van der Waals surface area contributed by atoms with Gasteiger partial charge in [0.1, 0.15) is 10.3 Å². The third-order valence-electron chi connectivity index (χ3n) is 5.58. The van der Waals surface area contributed by atoms with Crippen molar-refractivity contribution in [1.29, 1.82) is 0 Å². The average molecular weight is 420 g/mol. The molecule has 1 unspecified atom stereocenters. The van der Waals surface area contributed by atoms with Crippen LogP contribution < -0.4 is 0 Å². The number of fused-ring (bicyclic) bond motifs is 1. The molecule has 2 aliphatic heterocycles. The molecule has 28 heavy (non-hydrogen) atoms. The Bertz CT molecular complexity index is 943. The summed E-state index contributed by atoms with van der Waals surface area (Å²) in [6.07, 6.45) is 1.33. The van der Waals surface area contributed by atoms with Crippen molar-refractivity contribution in [1.82, 2.24) is 14.1 Å². The number of sulfonamides is 1. The van der Waals surface area contributed by atoms with Gasteiger partial charge in [0.05, 0.1) is 0 Å². The predicted molar refractivity (Wildman–Crippen MR) is 110 cm³/mol. The Hall–Kier alpha value is -1.74. The molecule has 0 spiro atoms. The molecule has 1 saturated heterocycles. The van der Waals surface area contributed by atoms with Crippen molar-refractivity contribution in [3.05, 3.63) is 52.9 Å². The van der Waals surface area contributed by atoms with Gasteiger partial charge in [0.25, 0.3) is 10.0 Å². The second-order valence-electron chi connectivity index (χ2n) is 7.45. The van der Waals surface area contributed by atoms with Crippen LogP contribution in [0.1, 0.15) is 17.5 Å². The lowest BCUT2D eigenvalue weighted by Crippen LogP contribution is -2.54. The summed E-state index contributed by atoms with van der Waals surface area (Å²) < 4.78 is 28.4. The summed E-state index contributed by atoms with van der Waals surface area (Å²) in [5, 5.41) is 1.76. The maximum Gasteiger partial charge on any atom is 0.253 e. The first-order valence-corrected chi connectivity index (χ1v) is 11.9. The highest BCUT2D eigenvalue weighted by Crippen LogP contribution is 2.31. The summed E-state index contributed by atoms with van der Waals surface area (Å²) >= 11 is 1.20. The molecule has 6 nitrogen and oxygen atoms in total. The molecule has 0 radical (unpaired) electrons. The molecule has 1 amide bonds. The van der Waals surface area contributed by atoms with Crippen molar-refractivity contribution in [2.45, 2.75) is 29.6 Å². The van der Waals surface area contributed by atoms with Crippen LogP contribution in [0.5, 0.6) is 0 Å². The van der Waals surface area contributed by atoms with Crippen LogP contribution in [-0.2, 0) is 27.8 Å². The minimum absolute atomic E-state index is 0.0788. The molecular formula is C20H25N3O3S2. The molecule has 0 aliphatic carbocycles. The zero-order chi connectivity index (χ0) is 19.7. The second kappa shape index (κ2) is 7.94. The van der Waals surface area contributed by atoms with Crippen LogP contribution >= 0.6 is 11.3 Å². The molecule has 1 atom stereocenters. The van der Waals surface area contributed by atoms with Crippen molar-refractivity contribution in [2.75, 3.05) is 33.2 Å².